The van der Waals surface area contributed by atoms with Crippen molar-refractivity contribution in [3.63, 3.8) is 0 Å². The second-order valence-corrected chi connectivity index (χ2v) is 7.52. The van der Waals surface area contributed by atoms with Gasteiger partial charge in [-0.1, -0.05) is 41.1 Å². The van der Waals surface area contributed by atoms with Gasteiger partial charge in [0.05, 0.1) is 18.8 Å². The zero-order valence-corrected chi connectivity index (χ0v) is 17.2. The molecule has 0 amide bonds. The van der Waals surface area contributed by atoms with Crippen molar-refractivity contribution in [1.82, 2.24) is 14.6 Å². The summed E-state index contributed by atoms with van der Waals surface area (Å²) < 4.78 is 12.5. The molecule has 0 unspecified atom stereocenters. The maximum Gasteiger partial charge on any atom is 0.291 e. The highest BCUT2D eigenvalue weighted by atomic mass is 35.5. The minimum atomic E-state index is -0.228. The Hall–Kier alpha value is -3.16. The van der Waals surface area contributed by atoms with Crippen LogP contribution in [0.5, 0.6) is 11.5 Å². The van der Waals surface area contributed by atoms with Crippen LogP contribution in [0.2, 0.25) is 5.02 Å². The smallest absolute Gasteiger partial charge is 0.291 e. The van der Waals surface area contributed by atoms with E-state index in [1.807, 2.05) is 36.4 Å². The monoisotopic (exact) mass is 425 g/mol. The Kier molecular flexibility index (Phi) is 5.33. The van der Waals surface area contributed by atoms with Gasteiger partial charge in [0.15, 0.2) is 5.82 Å². The highest BCUT2D eigenvalue weighted by Crippen LogP contribution is 2.24. The van der Waals surface area contributed by atoms with Crippen LogP contribution in [0.15, 0.2) is 47.3 Å². The summed E-state index contributed by atoms with van der Waals surface area (Å²) in [6.45, 7) is 0. The predicted octanol–water partition coefficient (Wildman–Crippen LogP) is 3.54. The van der Waals surface area contributed by atoms with Gasteiger partial charge in [-0.2, -0.15) is 9.50 Å². The van der Waals surface area contributed by atoms with Crippen molar-refractivity contribution in [2.75, 3.05) is 14.2 Å². The topological polar surface area (TPSA) is 65.7 Å². The molecule has 0 atom stereocenters. The molecule has 146 valence electrons. The molecular weight excluding hydrogens is 410 g/mol. The molecule has 0 radical (unpaired) electrons. The van der Waals surface area contributed by atoms with Crippen molar-refractivity contribution < 1.29 is 9.47 Å². The summed E-state index contributed by atoms with van der Waals surface area (Å²) in [5, 5.41) is 4.97. The van der Waals surface area contributed by atoms with E-state index >= 15 is 0 Å². The van der Waals surface area contributed by atoms with Gasteiger partial charge in [0, 0.05) is 10.6 Å². The Morgan fingerprint density at radius 1 is 1.07 bits per heavy atom. The molecule has 2 aromatic carbocycles. The Labute approximate surface area is 175 Å². The molecule has 4 rings (SSSR count). The minimum absolute atomic E-state index is 0.228. The zero-order chi connectivity index (χ0) is 20.4. The molecule has 0 fully saturated rings. The van der Waals surface area contributed by atoms with Crippen LogP contribution in [0, 0.1) is 0 Å². The third-order valence-corrected chi connectivity index (χ3v) is 5.43. The van der Waals surface area contributed by atoms with Crippen molar-refractivity contribution in [2.45, 2.75) is 0 Å². The summed E-state index contributed by atoms with van der Waals surface area (Å²) >= 11 is 7.16. The summed E-state index contributed by atoms with van der Waals surface area (Å²) in [6.07, 6.45) is 5.39. The van der Waals surface area contributed by atoms with Crippen LogP contribution in [0.4, 0.5) is 0 Å². The van der Waals surface area contributed by atoms with Crippen LogP contribution in [0.1, 0.15) is 17.0 Å². The third kappa shape index (κ3) is 4.01. The van der Waals surface area contributed by atoms with Crippen molar-refractivity contribution in [3.05, 3.63) is 79.3 Å². The lowest BCUT2D eigenvalue weighted by Gasteiger charge is -2.06. The fourth-order valence-corrected chi connectivity index (χ4v) is 3.79. The molecule has 0 spiro atoms. The molecule has 0 aliphatic heterocycles. The number of rotatable bonds is 5. The highest BCUT2D eigenvalue weighted by Gasteiger charge is 2.10. The fraction of sp³-hybridized carbons (Fsp3) is 0.0952. The number of fused-ring (bicyclic) bond motifs is 1. The number of nitrogens with zero attached hydrogens (tertiary/aromatic N) is 3. The Morgan fingerprint density at radius 3 is 2.55 bits per heavy atom. The molecule has 4 aromatic rings. The zero-order valence-electron chi connectivity index (χ0n) is 15.6. The van der Waals surface area contributed by atoms with Gasteiger partial charge in [-0.3, -0.25) is 4.79 Å². The van der Waals surface area contributed by atoms with Crippen LogP contribution >= 0.6 is 22.9 Å². The first-order valence-corrected chi connectivity index (χ1v) is 9.84. The van der Waals surface area contributed by atoms with Gasteiger partial charge < -0.3 is 9.47 Å². The molecule has 0 bridgehead atoms. The van der Waals surface area contributed by atoms with Crippen LogP contribution in [0.3, 0.4) is 0 Å². The van der Waals surface area contributed by atoms with Crippen molar-refractivity contribution in [1.29, 1.82) is 0 Å². The first-order valence-electron chi connectivity index (χ1n) is 8.64. The number of ether oxygens (including phenoxy) is 2. The van der Waals surface area contributed by atoms with E-state index in [9.17, 15) is 4.79 Å². The Morgan fingerprint density at radius 2 is 1.86 bits per heavy atom. The molecule has 29 heavy (non-hydrogen) atoms. The van der Waals surface area contributed by atoms with Gasteiger partial charge in [0.1, 0.15) is 11.5 Å². The largest absolute Gasteiger partial charge is 0.497 e. The Bertz CT molecular complexity index is 1310. The number of halogens is 1. The van der Waals surface area contributed by atoms with E-state index < -0.39 is 0 Å². The first-order chi connectivity index (χ1) is 14.1. The fourth-order valence-electron chi connectivity index (χ4n) is 2.76. The second-order valence-electron chi connectivity index (χ2n) is 6.07. The van der Waals surface area contributed by atoms with E-state index in [1.165, 1.54) is 15.9 Å². The van der Waals surface area contributed by atoms with Gasteiger partial charge in [0.25, 0.3) is 5.56 Å². The summed E-state index contributed by atoms with van der Waals surface area (Å²) in [7, 11) is 3.17. The lowest BCUT2D eigenvalue weighted by atomic mass is 10.2. The van der Waals surface area contributed by atoms with Gasteiger partial charge in [-0.15, -0.1) is 5.10 Å². The summed E-state index contributed by atoms with van der Waals surface area (Å²) in [5.74, 6) is 1.79. The second kappa shape index (κ2) is 8.06. The van der Waals surface area contributed by atoms with Crippen LogP contribution in [-0.2, 0) is 0 Å². The summed E-state index contributed by atoms with van der Waals surface area (Å²) in [4.78, 5) is 17.7. The number of aromatic nitrogens is 3. The number of hydrogen-bond donors (Lipinski definition) is 0. The van der Waals surface area contributed by atoms with Crippen LogP contribution in [-0.4, -0.2) is 28.8 Å². The van der Waals surface area contributed by atoms with E-state index in [1.54, 1.807) is 38.5 Å². The van der Waals surface area contributed by atoms with Crippen molar-refractivity contribution >= 4 is 46.1 Å². The maximum atomic E-state index is 12.7. The minimum Gasteiger partial charge on any atom is -0.497 e. The SMILES string of the molecule is COc1ccc(OC)c(/C=c2\sc3nc(/C=C/c4ccc(Cl)cc4)nn3c2=O)c1. The van der Waals surface area contributed by atoms with Crippen molar-refractivity contribution in [3.8, 4) is 11.5 Å². The molecule has 0 saturated heterocycles. The standard InChI is InChI=1S/C21H16ClN3O3S/c1-27-16-8-9-17(28-2)14(11-16)12-18-20(26)25-21(29-18)23-19(24-25)10-5-13-3-6-15(22)7-4-13/h3-12H,1-2H3/b10-5+,18-12-. The molecule has 8 heteroatoms. The molecule has 0 saturated carbocycles. The molecule has 0 N–H and O–H groups in total. The van der Waals surface area contributed by atoms with Crippen molar-refractivity contribution in [2.24, 2.45) is 0 Å². The first kappa shape index (κ1) is 19.2. The van der Waals surface area contributed by atoms with E-state index in [0.29, 0.717) is 31.8 Å². The van der Waals surface area contributed by atoms with Gasteiger partial charge in [-0.05, 0) is 48.0 Å². The van der Waals surface area contributed by atoms with Crippen LogP contribution in [0.25, 0.3) is 23.2 Å². The highest BCUT2D eigenvalue weighted by molar-refractivity contribution is 7.15. The average Bonchev–Trinajstić information content (AvgIpc) is 3.26. The lowest BCUT2D eigenvalue weighted by molar-refractivity contribution is 0.402. The molecule has 2 aromatic heterocycles. The third-order valence-electron chi connectivity index (χ3n) is 4.22. The number of hydrogen-bond acceptors (Lipinski definition) is 6. The quantitative estimate of drug-likeness (QED) is 0.489. The molecule has 6 nitrogen and oxygen atoms in total. The van der Waals surface area contributed by atoms with E-state index in [4.69, 9.17) is 21.1 Å². The molecular formula is C21H16ClN3O3S. The molecule has 2 heterocycles. The number of benzene rings is 2. The lowest BCUT2D eigenvalue weighted by Crippen LogP contribution is -2.23. The Balaban J connectivity index is 1.69. The number of thiazole rings is 1. The van der Waals surface area contributed by atoms with E-state index in [2.05, 4.69) is 10.1 Å². The molecule has 0 aliphatic carbocycles. The molecule has 0 aliphatic rings. The van der Waals surface area contributed by atoms with E-state index in [-0.39, 0.29) is 5.56 Å². The van der Waals surface area contributed by atoms with E-state index in [0.717, 1.165) is 11.1 Å². The van der Waals surface area contributed by atoms with Gasteiger partial charge in [-0.25, -0.2) is 0 Å². The predicted molar refractivity (Wildman–Crippen MR) is 116 cm³/mol. The van der Waals surface area contributed by atoms with Gasteiger partial charge in [0.2, 0.25) is 4.96 Å². The number of methoxy groups -OCH3 is 2. The average molecular weight is 426 g/mol. The van der Waals surface area contributed by atoms with Gasteiger partial charge >= 0.3 is 0 Å². The summed E-state index contributed by atoms with van der Waals surface area (Å²) in [6, 6.07) is 12.8. The normalized spacial score (nSPS) is 12.2. The summed E-state index contributed by atoms with van der Waals surface area (Å²) in [5.41, 5.74) is 1.49. The maximum absolute atomic E-state index is 12.7. The van der Waals surface area contributed by atoms with Crippen LogP contribution < -0.4 is 19.6 Å².